The molecule has 0 aliphatic heterocycles. The summed E-state index contributed by atoms with van der Waals surface area (Å²) < 4.78 is 0. The van der Waals surface area contributed by atoms with Crippen molar-refractivity contribution in [2.45, 2.75) is 18.2 Å². The normalized spacial score (nSPS) is 10.7. The van der Waals surface area contributed by atoms with Gasteiger partial charge in [-0.15, -0.1) is 11.8 Å². The molecule has 3 aromatic carbocycles. The number of hydrogen-bond donors (Lipinski definition) is 1. The number of para-hydroxylation sites is 1. The molecule has 3 rings (SSSR count). The Hall–Kier alpha value is -2.26. The minimum Gasteiger partial charge on any atom is -0.325 e. The van der Waals surface area contributed by atoms with E-state index in [2.05, 4.69) is 42.6 Å². The van der Waals surface area contributed by atoms with Gasteiger partial charge in [0.2, 0.25) is 5.91 Å². The molecule has 0 atom stereocenters. The van der Waals surface area contributed by atoms with Crippen LogP contribution in [-0.2, 0) is 11.2 Å². The fourth-order valence-electron chi connectivity index (χ4n) is 2.54. The van der Waals surface area contributed by atoms with Crippen molar-refractivity contribution in [2.75, 3.05) is 11.1 Å². The number of anilines is 1. The van der Waals surface area contributed by atoms with Crippen LogP contribution in [0, 0.1) is 0 Å². The lowest BCUT2D eigenvalue weighted by molar-refractivity contribution is -0.113. The molecular formula is C20H19NOS. The Balaban J connectivity index is 1.63. The van der Waals surface area contributed by atoms with Crippen molar-refractivity contribution in [1.82, 2.24) is 0 Å². The van der Waals surface area contributed by atoms with Crippen LogP contribution >= 0.6 is 11.8 Å². The van der Waals surface area contributed by atoms with E-state index in [-0.39, 0.29) is 5.91 Å². The maximum atomic E-state index is 12.2. The van der Waals surface area contributed by atoms with E-state index in [4.69, 9.17) is 0 Å². The van der Waals surface area contributed by atoms with Crippen molar-refractivity contribution in [3.63, 3.8) is 0 Å². The second-order valence-corrected chi connectivity index (χ2v) is 6.41. The van der Waals surface area contributed by atoms with Crippen LogP contribution in [0.4, 0.5) is 5.69 Å². The summed E-state index contributed by atoms with van der Waals surface area (Å²) in [6, 6.07) is 22.5. The Labute approximate surface area is 140 Å². The van der Waals surface area contributed by atoms with E-state index in [1.54, 1.807) is 11.8 Å². The second kappa shape index (κ2) is 7.34. The summed E-state index contributed by atoms with van der Waals surface area (Å²) in [5.74, 6) is 0.445. The minimum absolute atomic E-state index is 0.0315. The smallest absolute Gasteiger partial charge is 0.234 e. The van der Waals surface area contributed by atoms with E-state index in [0.717, 1.165) is 22.6 Å². The molecule has 0 bridgehead atoms. The molecule has 1 amide bonds. The van der Waals surface area contributed by atoms with E-state index in [0.29, 0.717) is 5.75 Å². The number of benzene rings is 3. The van der Waals surface area contributed by atoms with Gasteiger partial charge < -0.3 is 5.32 Å². The maximum Gasteiger partial charge on any atom is 0.234 e. The highest BCUT2D eigenvalue weighted by Gasteiger charge is 2.06. The van der Waals surface area contributed by atoms with Crippen molar-refractivity contribution in [3.8, 4) is 0 Å². The van der Waals surface area contributed by atoms with Crippen molar-refractivity contribution < 1.29 is 4.79 Å². The largest absolute Gasteiger partial charge is 0.325 e. The number of carbonyl (C=O) groups is 1. The highest BCUT2D eigenvalue weighted by atomic mass is 32.2. The van der Waals surface area contributed by atoms with Crippen LogP contribution in [0.5, 0.6) is 0 Å². The first kappa shape index (κ1) is 15.6. The lowest BCUT2D eigenvalue weighted by Gasteiger charge is -2.09. The van der Waals surface area contributed by atoms with Crippen LogP contribution in [0.15, 0.2) is 71.6 Å². The molecule has 0 aliphatic rings. The number of nitrogens with one attached hydrogen (secondary N) is 1. The highest BCUT2D eigenvalue weighted by Crippen LogP contribution is 2.24. The molecule has 0 saturated heterocycles. The summed E-state index contributed by atoms with van der Waals surface area (Å²) in [7, 11) is 0. The first-order valence-electron chi connectivity index (χ1n) is 7.75. The highest BCUT2D eigenvalue weighted by molar-refractivity contribution is 8.00. The van der Waals surface area contributed by atoms with Crippen LogP contribution in [0.25, 0.3) is 10.8 Å². The van der Waals surface area contributed by atoms with Crippen LogP contribution in [-0.4, -0.2) is 11.7 Å². The number of hydrogen-bond acceptors (Lipinski definition) is 2. The van der Waals surface area contributed by atoms with Crippen molar-refractivity contribution in [3.05, 3.63) is 72.3 Å². The van der Waals surface area contributed by atoms with E-state index in [9.17, 15) is 4.79 Å². The van der Waals surface area contributed by atoms with Gasteiger partial charge in [0.1, 0.15) is 0 Å². The van der Waals surface area contributed by atoms with Crippen LogP contribution < -0.4 is 5.32 Å². The van der Waals surface area contributed by atoms with Gasteiger partial charge >= 0.3 is 0 Å². The monoisotopic (exact) mass is 321 g/mol. The van der Waals surface area contributed by atoms with Gasteiger partial charge in [0.05, 0.1) is 5.75 Å². The molecule has 23 heavy (non-hydrogen) atoms. The predicted octanol–water partition coefficient (Wildman–Crippen LogP) is 5.13. The average molecular weight is 321 g/mol. The first-order valence-corrected chi connectivity index (χ1v) is 8.74. The molecule has 3 aromatic rings. The third-order valence-corrected chi connectivity index (χ3v) is 4.76. The molecule has 2 nitrogen and oxygen atoms in total. The molecule has 0 heterocycles. The standard InChI is InChI=1S/C20H19NOS/c1-2-15-7-5-6-10-19(15)21-20(22)14-23-18-12-11-16-8-3-4-9-17(16)13-18/h3-13H,2,14H2,1H3,(H,21,22). The quantitative estimate of drug-likeness (QED) is 0.660. The Morgan fingerprint density at radius 3 is 2.52 bits per heavy atom. The first-order chi connectivity index (χ1) is 11.3. The molecular weight excluding hydrogens is 302 g/mol. The Morgan fingerprint density at radius 1 is 0.957 bits per heavy atom. The van der Waals surface area contributed by atoms with Gasteiger partial charge in [0, 0.05) is 10.6 Å². The number of fused-ring (bicyclic) bond motifs is 1. The Bertz CT molecular complexity index is 828. The zero-order chi connectivity index (χ0) is 16.1. The number of thioether (sulfide) groups is 1. The zero-order valence-electron chi connectivity index (χ0n) is 13.1. The van der Waals surface area contributed by atoms with Gasteiger partial charge in [-0.1, -0.05) is 55.5 Å². The van der Waals surface area contributed by atoms with Crippen molar-refractivity contribution in [1.29, 1.82) is 0 Å². The van der Waals surface area contributed by atoms with Crippen LogP contribution in [0.2, 0.25) is 0 Å². The summed E-state index contributed by atoms with van der Waals surface area (Å²) in [5.41, 5.74) is 2.08. The van der Waals surface area contributed by atoms with E-state index < -0.39 is 0 Å². The van der Waals surface area contributed by atoms with Crippen molar-refractivity contribution in [2.24, 2.45) is 0 Å². The molecule has 116 valence electrons. The number of carbonyl (C=O) groups excluding carboxylic acids is 1. The fourth-order valence-corrected chi connectivity index (χ4v) is 3.29. The van der Waals surface area contributed by atoms with Gasteiger partial charge in [-0.25, -0.2) is 0 Å². The van der Waals surface area contributed by atoms with Crippen LogP contribution in [0.1, 0.15) is 12.5 Å². The number of aryl methyl sites for hydroxylation is 1. The molecule has 0 radical (unpaired) electrons. The molecule has 0 unspecified atom stereocenters. The number of rotatable bonds is 5. The number of amides is 1. The molecule has 0 fully saturated rings. The average Bonchev–Trinajstić information content (AvgIpc) is 2.60. The second-order valence-electron chi connectivity index (χ2n) is 5.36. The van der Waals surface area contributed by atoms with Crippen LogP contribution in [0.3, 0.4) is 0 Å². The SMILES string of the molecule is CCc1ccccc1NC(=O)CSc1ccc2ccccc2c1. The Morgan fingerprint density at radius 2 is 1.70 bits per heavy atom. The summed E-state index contributed by atoms with van der Waals surface area (Å²) in [5, 5.41) is 5.43. The van der Waals surface area contributed by atoms with Crippen molar-refractivity contribution >= 4 is 34.1 Å². The summed E-state index contributed by atoms with van der Waals surface area (Å²) in [6.07, 6.45) is 0.911. The van der Waals surface area contributed by atoms with Gasteiger partial charge in [0.15, 0.2) is 0 Å². The maximum absolute atomic E-state index is 12.2. The molecule has 0 aromatic heterocycles. The lowest BCUT2D eigenvalue weighted by Crippen LogP contribution is -2.15. The topological polar surface area (TPSA) is 29.1 Å². The fraction of sp³-hybridized carbons (Fsp3) is 0.150. The van der Waals surface area contributed by atoms with E-state index in [1.165, 1.54) is 10.8 Å². The van der Waals surface area contributed by atoms with Gasteiger partial charge in [0.25, 0.3) is 0 Å². The summed E-state index contributed by atoms with van der Waals surface area (Å²) in [4.78, 5) is 13.3. The summed E-state index contributed by atoms with van der Waals surface area (Å²) >= 11 is 1.56. The van der Waals surface area contributed by atoms with Gasteiger partial charge in [-0.05, 0) is 41.0 Å². The third-order valence-electron chi connectivity index (χ3n) is 3.76. The molecule has 0 saturated carbocycles. The minimum atomic E-state index is 0.0315. The molecule has 3 heteroatoms. The predicted molar refractivity (Wildman–Crippen MR) is 99.1 cm³/mol. The van der Waals surface area contributed by atoms with Gasteiger partial charge in [-0.3, -0.25) is 4.79 Å². The molecule has 1 N–H and O–H groups in total. The van der Waals surface area contributed by atoms with E-state index >= 15 is 0 Å². The zero-order valence-corrected chi connectivity index (χ0v) is 13.9. The Kier molecular flexibility index (Phi) is 4.99. The van der Waals surface area contributed by atoms with E-state index in [1.807, 2.05) is 36.4 Å². The summed E-state index contributed by atoms with van der Waals surface area (Å²) in [6.45, 7) is 2.09. The molecule has 0 aliphatic carbocycles. The lowest BCUT2D eigenvalue weighted by atomic mass is 10.1. The van der Waals surface area contributed by atoms with Gasteiger partial charge in [-0.2, -0.15) is 0 Å². The third kappa shape index (κ3) is 3.93. The molecule has 0 spiro atoms.